The van der Waals surface area contributed by atoms with Crippen molar-refractivity contribution >= 4 is 23.2 Å². The summed E-state index contributed by atoms with van der Waals surface area (Å²) in [6, 6.07) is 0.818. The molecule has 2 aromatic heterocycles. The van der Waals surface area contributed by atoms with Gasteiger partial charge in [0.1, 0.15) is 0 Å². The van der Waals surface area contributed by atoms with Gasteiger partial charge in [-0.2, -0.15) is 13.2 Å². The van der Waals surface area contributed by atoms with Crippen molar-refractivity contribution in [1.82, 2.24) is 19.6 Å². The molecule has 0 aromatic carbocycles. The number of nitrogens with one attached hydrogen (secondary N) is 1. The first kappa shape index (κ1) is 19.9. The van der Waals surface area contributed by atoms with Gasteiger partial charge in [0.25, 0.3) is 0 Å². The molecule has 0 aliphatic carbocycles. The first-order valence-corrected chi connectivity index (χ1v) is 9.07. The number of alkyl halides is 3. The number of esters is 1. The molecule has 1 aliphatic rings. The molecule has 0 spiro atoms. The molecule has 6 nitrogen and oxygen atoms in total. The van der Waals surface area contributed by atoms with Gasteiger partial charge in [-0.3, -0.25) is 9.30 Å². The van der Waals surface area contributed by atoms with Crippen LogP contribution in [0.1, 0.15) is 35.1 Å². The summed E-state index contributed by atoms with van der Waals surface area (Å²) >= 11 is 6.05. The van der Waals surface area contributed by atoms with E-state index in [9.17, 15) is 18.0 Å². The van der Waals surface area contributed by atoms with E-state index in [1.54, 1.807) is 6.92 Å². The van der Waals surface area contributed by atoms with Crippen molar-refractivity contribution in [2.24, 2.45) is 0 Å². The molecule has 0 atom stereocenters. The van der Waals surface area contributed by atoms with Gasteiger partial charge in [-0.15, -0.1) is 0 Å². The Morgan fingerprint density at radius 3 is 2.85 bits per heavy atom. The zero-order valence-corrected chi connectivity index (χ0v) is 15.5. The van der Waals surface area contributed by atoms with Crippen LogP contribution in [0.25, 0.3) is 5.65 Å². The monoisotopic (exact) mass is 404 g/mol. The average molecular weight is 405 g/mol. The maximum atomic E-state index is 13.2. The third kappa shape index (κ3) is 4.36. The van der Waals surface area contributed by atoms with Crippen molar-refractivity contribution in [1.29, 1.82) is 0 Å². The summed E-state index contributed by atoms with van der Waals surface area (Å²) in [5.41, 5.74) is -0.448. The van der Waals surface area contributed by atoms with Crippen LogP contribution < -0.4 is 5.32 Å². The quantitative estimate of drug-likeness (QED) is 0.794. The molecule has 0 unspecified atom stereocenters. The average Bonchev–Trinajstić information content (AvgIpc) is 2.77. The maximum absolute atomic E-state index is 13.2. The van der Waals surface area contributed by atoms with Gasteiger partial charge >= 0.3 is 12.1 Å². The fraction of sp³-hybridized carbons (Fsp3) is 0.529. The summed E-state index contributed by atoms with van der Waals surface area (Å²) in [7, 11) is 0. The van der Waals surface area contributed by atoms with E-state index in [0.717, 1.165) is 38.3 Å². The van der Waals surface area contributed by atoms with Gasteiger partial charge < -0.3 is 10.1 Å². The fourth-order valence-corrected chi connectivity index (χ4v) is 3.34. The molecule has 1 N–H and O–H groups in total. The van der Waals surface area contributed by atoms with Crippen molar-refractivity contribution in [2.75, 3.05) is 32.8 Å². The van der Waals surface area contributed by atoms with Crippen LogP contribution in [-0.4, -0.2) is 53.0 Å². The maximum Gasteiger partial charge on any atom is 0.417 e. The summed E-state index contributed by atoms with van der Waals surface area (Å²) in [4.78, 5) is 18.6. The first-order chi connectivity index (χ1) is 12.8. The Labute approximate surface area is 159 Å². The first-order valence-electron chi connectivity index (χ1n) is 8.69. The molecule has 148 valence electrons. The van der Waals surface area contributed by atoms with E-state index in [1.165, 1.54) is 4.40 Å². The highest BCUT2D eigenvalue weighted by atomic mass is 35.5. The van der Waals surface area contributed by atoms with E-state index in [4.69, 9.17) is 16.3 Å². The van der Waals surface area contributed by atoms with E-state index in [0.29, 0.717) is 12.2 Å². The van der Waals surface area contributed by atoms with Gasteiger partial charge in [0, 0.05) is 25.8 Å². The second kappa shape index (κ2) is 8.04. The van der Waals surface area contributed by atoms with Crippen LogP contribution in [0.15, 0.2) is 12.3 Å². The molecular formula is C17H20ClF3N4O2. The van der Waals surface area contributed by atoms with Gasteiger partial charge in [-0.25, -0.2) is 9.78 Å². The molecule has 3 rings (SSSR count). The number of hydrogen-bond acceptors (Lipinski definition) is 5. The number of halogens is 4. The van der Waals surface area contributed by atoms with Crippen molar-refractivity contribution in [2.45, 2.75) is 26.1 Å². The summed E-state index contributed by atoms with van der Waals surface area (Å²) < 4.78 is 46.0. The van der Waals surface area contributed by atoms with Crippen LogP contribution in [0.5, 0.6) is 0 Å². The molecule has 10 heteroatoms. The molecule has 0 radical (unpaired) electrons. The standard InChI is InChI=1S/C17H20ClF3N4O2/c1-2-27-16(26)14-13(10-24-6-3-4-22-5-7-24)25-9-11(17(19,20)21)8-12(18)15(25)23-14/h8-9,22H,2-7,10H2,1H3. The van der Waals surface area contributed by atoms with Crippen LogP contribution >= 0.6 is 11.6 Å². The lowest BCUT2D eigenvalue weighted by Crippen LogP contribution is -2.29. The third-order valence-corrected chi connectivity index (χ3v) is 4.65. The Morgan fingerprint density at radius 2 is 2.15 bits per heavy atom. The number of imidazole rings is 1. The highest BCUT2D eigenvalue weighted by Crippen LogP contribution is 2.33. The number of hydrogen-bond donors (Lipinski definition) is 1. The van der Waals surface area contributed by atoms with Crippen LogP contribution in [0.2, 0.25) is 5.02 Å². The molecule has 1 aliphatic heterocycles. The summed E-state index contributed by atoms with van der Waals surface area (Å²) in [6.07, 6.45) is -2.72. The highest BCUT2D eigenvalue weighted by molar-refractivity contribution is 6.33. The normalized spacial score (nSPS) is 16.5. The van der Waals surface area contributed by atoms with E-state index < -0.39 is 17.7 Å². The Hall–Kier alpha value is -1.84. The fourth-order valence-electron chi connectivity index (χ4n) is 3.09. The number of carbonyl (C=O) groups is 1. The number of carbonyl (C=O) groups excluding carboxylic acids is 1. The number of nitrogens with zero attached hydrogens (tertiary/aromatic N) is 3. The molecule has 1 fully saturated rings. The Kier molecular flexibility index (Phi) is 5.92. The Balaban J connectivity index is 2.11. The van der Waals surface area contributed by atoms with Crippen LogP contribution in [0, 0.1) is 0 Å². The topological polar surface area (TPSA) is 58.9 Å². The second-order valence-electron chi connectivity index (χ2n) is 6.28. The second-order valence-corrected chi connectivity index (χ2v) is 6.68. The predicted octanol–water partition coefficient (Wildman–Crippen LogP) is 2.98. The molecular weight excluding hydrogens is 385 g/mol. The molecule has 2 aromatic rings. The Bertz CT molecular complexity index is 830. The lowest BCUT2D eigenvalue weighted by atomic mass is 10.2. The summed E-state index contributed by atoms with van der Waals surface area (Å²) in [6.45, 7) is 5.17. The minimum Gasteiger partial charge on any atom is -0.461 e. The summed E-state index contributed by atoms with van der Waals surface area (Å²) in [5.74, 6) is -0.672. The number of aromatic nitrogens is 2. The van der Waals surface area contributed by atoms with Gasteiger partial charge in [-0.1, -0.05) is 11.6 Å². The van der Waals surface area contributed by atoms with Crippen molar-refractivity contribution in [3.63, 3.8) is 0 Å². The predicted molar refractivity (Wildman–Crippen MR) is 93.9 cm³/mol. The van der Waals surface area contributed by atoms with Crippen LogP contribution in [0.4, 0.5) is 13.2 Å². The van der Waals surface area contributed by atoms with Crippen molar-refractivity contribution in [3.8, 4) is 0 Å². The minimum absolute atomic E-state index is 0.00437. The van der Waals surface area contributed by atoms with Gasteiger partial charge in [0.15, 0.2) is 11.3 Å². The summed E-state index contributed by atoms with van der Waals surface area (Å²) in [5, 5.41) is 3.10. The van der Waals surface area contributed by atoms with E-state index in [2.05, 4.69) is 15.2 Å². The van der Waals surface area contributed by atoms with Gasteiger partial charge in [0.05, 0.1) is 22.9 Å². The van der Waals surface area contributed by atoms with Gasteiger partial charge in [-0.05, 0) is 32.5 Å². The van der Waals surface area contributed by atoms with E-state index >= 15 is 0 Å². The molecule has 1 saturated heterocycles. The number of fused-ring (bicyclic) bond motifs is 1. The smallest absolute Gasteiger partial charge is 0.417 e. The van der Waals surface area contributed by atoms with E-state index in [1.807, 2.05) is 0 Å². The molecule has 0 amide bonds. The number of pyridine rings is 1. The number of rotatable bonds is 4. The minimum atomic E-state index is -4.56. The van der Waals surface area contributed by atoms with Crippen molar-refractivity contribution in [3.05, 3.63) is 34.2 Å². The molecule has 0 saturated carbocycles. The molecule has 27 heavy (non-hydrogen) atoms. The van der Waals surface area contributed by atoms with E-state index in [-0.39, 0.29) is 29.5 Å². The lowest BCUT2D eigenvalue weighted by Gasteiger charge is -2.20. The lowest BCUT2D eigenvalue weighted by molar-refractivity contribution is -0.137. The zero-order valence-electron chi connectivity index (χ0n) is 14.8. The zero-order chi connectivity index (χ0) is 19.6. The Morgan fingerprint density at radius 1 is 1.37 bits per heavy atom. The largest absolute Gasteiger partial charge is 0.461 e. The highest BCUT2D eigenvalue weighted by Gasteiger charge is 2.33. The SMILES string of the molecule is CCOC(=O)c1nc2c(Cl)cc(C(F)(F)F)cn2c1CN1CCCNCC1. The number of ether oxygens (including phenoxy) is 1. The van der Waals surface area contributed by atoms with Gasteiger partial charge in [0.2, 0.25) is 0 Å². The molecule has 3 heterocycles. The third-order valence-electron chi connectivity index (χ3n) is 4.38. The van der Waals surface area contributed by atoms with Crippen LogP contribution in [0.3, 0.4) is 0 Å². The van der Waals surface area contributed by atoms with Crippen molar-refractivity contribution < 1.29 is 22.7 Å². The molecule has 0 bridgehead atoms. The van der Waals surface area contributed by atoms with Crippen LogP contribution in [-0.2, 0) is 17.5 Å².